The van der Waals surface area contributed by atoms with Gasteiger partial charge in [0.1, 0.15) is 12.6 Å². The topological polar surface area (TPSA) is 105 Å². The van der Waals surface area contributed by atoms with Crippen molar-refractivity contribution in [2.75, 3.05) is 13.2 Å². The SMILES string of the molecule is CC(F)CCNC(=O)C(CC(=O)O)NC(=O)OCC1c2ccccc2-c2ccccc21. The van der Waals surface area contributed by atoms with E-state index < -0.39 is 36.6 Å². The molecule has 0 fully saturated rings. The van der Waals surface area contributed by atoms with Crippen molar-refractivity contribution in [1.82, 2.24) is 10.6 Å². The van der Waals surface area contributed by atoms with Crippen LogP contribution in [-0.2, 0) is 14.3 Å². The van der Waals surface area contributed by atoms with E-state index in [2.05, 4.69) is 10.6 Å². The number of carbonyl (C=O) groups is 3. The van der Waals surface area contributed by atoms with E-state index in [9.17, 15) is 18.8 Å². The maximum Gasteiger partial charge on any atom is 0.407 e. The summed E-state index contributed by atoms with van der Waals surface area (Å²) in [7, 11) is 0. The zero-order chi connectivity index (χ0) is 22.4. The van der Waals surface area contributed by atoms with Crippen LogP contribution in [0, 0.1) is 0 Å². The third-order valence-electron chi connectivity index (χ3n) is 5.17. The van der Waals surface area contributed by atoms with Gasteiger partial charge in [-0.05, 0) is 35.6 Å². The van der Waals surface area contributed by atoms with Gasteiger partial charge in [0, 0.05) is 12.5 Å². The Labute approximate surface area is 179 Å². The van der Waals surface area contributed by atoms with Gasteiger partial charge in [-0.1, -0.05) is 48.5 Å². The number of hydrogen-bond acceptors (Lipinski definition) is 4. The third-order valence-corrected chi connectivity index (χ3v) is 5.17. The molecule has 164 valence electrons. The molecule has 1 aliphatic carbocycles. The number of halogens is 1. The van der Waals surface area contributed by atoms with Gasteiger partial charge in [0.15, 0.2) is 0 Å². The number of carboxylic acid groups (broad SMARTS) is 1. The predicted octanol–water partition coefficient (Wildman–Crippen LogP) is 3.23. The molecule has 2 unspecified atom stereocenters. The van der Waals surface area contributed by atoms with Crippen LogP contribution in [0.15, 0.2) is 48.5 Å². The monoisotopic (exact) mass is 428 g/mol. The fourth-order valence-corrected chi connectivity index (χ4v) is 3.68. The number of hydrogen-bond donors (Lipinski definition) is 3. The molecule has 0 aliphatic heterocycles. The Bertz CT molecular complexity index is 917. The summed E-state index contributed by atoms with van der Waals surface area (Å²) in [5, 5.41) is 13.8. The molecule has 3 rings (SSSR count). The van der Waals surface area contributed by atoms with Gasteiger partial charge >= 0.3 is 12.1 Å². The predicted molar refractivity (Wildman–Crippen MR) is 112 cm³/mol. The molecular formula is C23H25FN2O5. The Morgan fingerprint density at radius 2 is 1.65 bits per heavy atom. The van der Waals surface area contributed by atoms with E-state index in [0.717, 1.165) is 22.3 Å². The smallest absolute Gasteiger partial charge is 0.407 e. The fraction of sp³-hybridized carbons (Fsp3) is 0.348. The molecule has 1 aliphatic rings. The Hall–Kier alpha value is -3.42. The number of rotatable bonds is 9. The lowest BCUT2D eigenvalue weighted by atomic mass is 9.98. The van der Waals surface area contributed by atoms with Crippen LogP contribution in [0.4, 0.5) is 9.18 Å². The van der Waals surface area contributed by atoms with E-state index in [4.69, 9.17) is 9.84 Å². The fourth-order valence-electron chi connectivity index (χ4n) is 3.68. The molecule has 7 nitrogen and oxygen atoms in total. The first-order chi connectivity index (χ1) is 14.9. The lowest BCUT2D eigenvalue weighted by molar-refractivity contribution is -0.139. The molecule has 0 saturated carbocycles. The Balaban J connectivity index is 1.62. The summed E-state index contributed by atoms with van der Waals surface area (Å²) in [4.78, 5) is 35.6. The van der Waals surface area contributed by atoms with Gasteiger partial charge in [0.25, 0.3) is 0 Å². The van der Waals surface area contributed by atoms with Crippen molar-refractivity contribution in [3.8, 4) is 11.1 Å². The van der Waals surface area contributed by atoms with Crippen molar-refractivity contribution in [1.29, 1.82) is 0 Å². The van der Waals surface area contributed by atoms with E-state index in [0.29, 0.717) is 0 Å². The largest absolute Gasteiger partial charge is 0.481 e. The van der Waals surface area contributed by atoms with Gasteiger partial charge < -0.3 is 20.5 Å². The molecule has 31 heavy (non-hydrogen) atoms. The molecule has 0 heterocycles. The van der Waals surface area contributed by atoms with Crippen molar-refractivity contribution in [2.24, 2.45) is 0 Å². The number of nitrogens with one attached hydrogen (secondary N) is 2. The van der Waals surface area contributed by atoms with Crippen molar-refractivity contribution in [3.63, 3.8) is 0 Å². The maximum absolute atomic E-state index is 12.9. The number of carbonyl (C=O) groups excluding carboxylic acids is 2. The Kier molecular flexibility index (Phi) is 7.23. The van der Waals surface area contributed by atoms with Crippen LogP contribution < -0.4 is 10.6 Å². The average molecular weight is 428 g/mol. The highest BCUT2D eigenvalue weighted by molar-refractivity contribution is 5.89. The number of ether oxygens (including phenoxy) is 1. The Morgan fingerprint density at radius 1 is 1.06 bits per heavy atom. The van der Waals surface area contributed by atoms with Crippen LogP contribution in [0.2, 0.25) is 0 Å². The lowest BCUT2D eigenvalue weighted by Gasteiger charge is -2.19. The first-order valence-corrected chi connectivity index (χ1v) is 10.1. The molecule has 0 radical (unpaired) electrons. The summed E-state index contributed by atoms with van der Waals surface area (Å²) in [6, 6.07) is 14.4. The van der Waals surface area contributed by atoms with Crippen LogP contribution in [0.25, 0.3) is 11.1 Å². The van der Waals surface area contributed by atoms with Gasteiger partial charge in [-0.25, -0.2) is 9.18 Å². The van der Waals surface area contributed by atoms with Crippen LogP contribution in [0.3, 0.4) is 0 Å². The van der Waals surface area contributed by atoms with Crippen molar-refractivity contribution >= 4 is 18.0 Å². The van der Waals surface area contributed by atoms with E-state index in [1.165, 1.54) is 6.92 Å². The number of aliphatic carboxylic acids is 1. The second-order valence-corrected chi connectivity index (χ2v) is 7.48. The van der Waals surface area contributed by atoms with Gasteiger partial charge in [-0.3, -0.25) is 9.59 Å². The van der Waals surface area contributed by atoms with E-state index >= 15 is 0 Å². The number of carboxylic acids is 1. The highest BCUT2D eigenvalue weighted by Crippen LogP contribution is 2.44. The zero-order valence-electron chi connectivity index (χ0n) is 17.1. The van der Waals surface area contributed by atoms with Crippen molar-refractivity contribution in [3.05, 3.63) is 59.7 Å². The van der Waals surface area contributed by atoms with Crippen LogP contribution in [-0.4, -0.2) is 48.4 Å². The summed E-state index contributed by atoms with van der Waals surface area (Å²) in [5.41, 5.74) is 4.24. The normalized spacial score (nSPS) is 14.1. The molecule has 0 saturated heterocycles. The van der Waals surface area contributed by atoms with Crippen LogP contribution in [0.5, 0.6) is 0 Å². The third kappa shape index (κ3) is 5.59. The highest BCUT2D eigenvalue weighted by atomic mass is 19.1. The summed E-state index contributed by atoms with van der Waals surface area (Å²) < 4.78 is 18.3. The van der Waals surface area contributed by atoms with Crippen LogP contribution >= 0.6 is 0 Å². The highest BCUT2D eigenvalue weighted by Gasteiger charge is 2.30. The number of alkyl halides is 1. The minimum Gasteiger partial charge on any atom is -0.481 e. The second kappa shape index (κ2) is 10.1. The molecule has 2 amide bonds. The van der Waals surface area contributed by atoms with Gasteiger partial charge in [0.2, 0.25) is 5.91 Å². The first-order valence-electron chi connectivity index (χ1n) is 10.1. The van der Waals surface area contributed by atoms with E-state index in [1.54, 1.807) is 0 Å². The summed E-state index contributed by atoms with van der Waals surface area (Å²) in [5.74, 6) is -2.11. The zero-order valence-corrected chi connectivity index (χ0v) is 17.1. The molecule has 3 N–H and O–H groups in total. The summed E-state index contributed by atoms with van der Waals surface area (Å²) in [6.45, 7) is 1.44. The number of fused-ring (bicyclic) bond motifs is 3. The molecule has 0 spiro atoms. The van der Waals surface area contributed by atoms with Gasteiger partial charge in [0.05, 0.1) is 12.6 Å². The molecule has 0 aromatic heterocycles. The molecule has 2 aromatic rings. The van der Waals surface area contributed by atoms with Crippen LogP contribution in [0.1, 0.15) is 36.8 Å². The quantitative estimate of drug-likeness (QED) is 0.569. The van der Waals surface area contributed by atoms with E-state index in [-0.39, 0.29) is 25.5 Å². The Morgan fingerprint density at radius 3 is 2.19 bits per heavy atom. The second-order valence-electron chi connectivity index (χ2n) is 7.48. The minimum absolute atomic E-state index is 0.0407. The number of benzene rings is 2. The standard InChI is InChI=1S/C23H25FN2O5/c1-14(24)10-11-25-22(29)20(12-21(27)28)26-23(30)31-13-19-17-8-4-2-6-15(17)16-7-3-5-9-18(16)19/h2-9,14,19-20H,10-13H2,1H3,(H,25,29)(H,26,30)(H,27,28). The van der Waals surface area contributed by atoms with Gasteiger partial charge in [-0.2, -0.15) is 0 Å². The molecule has 8 heteroatoms. The van der Waals surface area contributed by atoms with Crippen molar-refractivity contribution in [2.45, 2.75) is 37.9 Å². The lowest BCUT2D eigenvalue weighted by Crippen LogP contribution is -2.48. The molecular weight excluding hydrogens is 403 g/mol. The maximum atomic E-state index is 12.9. The summed E-state index contributed by atoms with van der Waals surface area (Å²) in [6.07, 6.45) is -2.51. The molecule has 0 bridgehead atoms. The number of amides is 2. The average Bonchev–Trinajstić information content (AvgIpc) is 3.05. The first kappa shape index (κ1) is 22.3. The van der Waals surface area contributed by atoms with Gasteiger partial charge in [-0.15, -0.1) is 0 Å². The van der Waals surface area contributed by atoms with Crippen molar-refractivity contribution < 1.29 is 28.6 Å². The van der Waals surface area contributed by atoms with E-state index in [1.807, 2.05) is 48.5 Å². The number of alkyl carbamates (subject to hydrolysis) is 1. The molecule has 2 atom stereocenters. The summed E-state index contributed by atoms with van der Waals surface area (Å²) >= 11 is 0. The molecule has 2 aromatic carbocycles. The minimum atomic E-state index is -1.32.